The van der Waals surface area contributed by atoms with Gasteiger partial charge in [-0.3, -0.25) is 4.79 Å². The number of carbonyl (C=O) groups is 1. The van der Waals surface area contributed by atoms with Gasteiger partial charge in [0.15, 0.2) is 5.13 Å². The minimum absolute atomic E-state index is 0.0221. The standard InChI is InChI=1S/C15H25N3OS/c1-5-15(7-6-8-16-10-15)12(19)18-13-17-11(9-20-13)14(2,3)4/h9,16H,5-8,10H2,1-4H3,(H,17,18,19). The number of nitrogens with one attached hydrogen (secondary N) is 2. The molecule has 20 heavy (non-hydrogen) atoms. The van der Waals surface area contributed by atoms with Gasteiger partial charge in [0.25, 0.3) is 0 Å². The minimum Gasteiger partial charge on any atom is -0.316 e. The Morgan fingerprint density at radius 3 is 2.80 bits per heavy atom. The molecule has 1 aromatic heterocycles. The summed E-state index contributed by atoms with van der Waals surface area (Å²) in [6.07, 6.45) is 2.88. The molecule has 0 aliphatic carbocycles. The summed E-state index contributed by atoms with van der Waals surface area (Å²) in [6.45, 7) is 10.3. The van der Waals surface area contributed by atoms with E-state index >= 15 is 0 Å². The third kappa shape index (κ3) is 3.20. The molecule has 112 valence electrons. The molecule has 0 spiro atoms. The number of thiazole rings is 1. The van der Waals surface area contributed by atoms with E-state index in [-0.39, 0.29) is 16.7 Å². The van der Waals surface area contributed by atoms with Gasteiger partial charge in [0, 0.05) is 17.3 Å². The molecule has 1 atom stereocenters. The van der Waals surface area contributed by atoms with Crippen molar-refractivity contribution in [1.82, 2.24) is 10.3 Å². The van der Waals surface area contributed by atoms with Crippen LogP contribution in [0.1, 0.15) is 52.7 Å². The second kappa shape index (κ2) is 5.82. The lowest BCUT2D eigenvalue weighted by Gasteiger charge is -2.35. The van der Waals surface area contributed by atoms with E-state index in [4.69, 9.17) is 0 Å². The lowest BCUT2D eigenvalue weighted by atomic mass is 9.77. The maximum atomic E-state index is 12.6. The van der Waals surface area contributed by atoms with Crippen LogP contribution in [0.2, 0.25) is 0 Å². The van der Waals surface area contributed by atoms with E-state index < -0.39 is 0 Å². The SMILES string of the molecule is CCC1(C(=O)Nc2nc(C(C)(C)C)cs2)CCCNC1. The first-order chi connectivity index (χ1) is 9.37. The Kier molecular flexibility index (Phi) is 4.49. The molecule has 1 aromatic rings. The van der Waals surface area contributed by atoms with E-state index in [1.54, 1.807) is 0 Å². The molecule has 1 saturated heterocycles. The fraction of sp³-hybridized carbons (Fsp3) is 0.733. The van der Waals surface area contributed by atoms with Crippen molar-refractivity contribution in [3.63, 3.8) is 0 Å². The van der Waals surface area contributed by atoms with Gasteiger partial charge in [-0.15, -0.1) is 11.3 Å². The third-order valence-corrected chi connectivity index (χ3v) is 4.88. The minimum atomic E-state index is -0.272. The molecule has 1 aliphatic heterocycles. The van der Waals surface area contributed by atoms with Crippen LogP contribution in [0.15, 0.2) is 5.38 Å². The quantitative estimate of drug-likeness (QED) is 0.900. The van der Waals surface area contributed by atoms with Gasteiger partial charge in [-0.05, 0) is 25.8 Å². The molecule has 0 saturated carbocycles. The zero-order chi connectivity index (χ0) is 14.8. The van der Waals surface area contributed by atoms with Crippen molar-refractivity contribution < 1.29 is 4.79 Å². The van der Waals surface area contributed by atoms with Gasteiger partial charge in [0.05, 0.1) is 11.1 Å². The largest absolute Gasteiger partial charge is 0.316 e. The van der Waals surface area contributed by atoms with Crippen LogP contribution in [-0.2, 0) is 10.2 Å². The number of anilines is 1. The highest BCUT2D eigenvalue weighted by atomic mass is 32.1. The Bertz CT molecular complexity index is 470. The zero-order valence-corrected chi connectivity index (χ0v) is 13.7. The van der Waals surface area contributed by atoms with Gasteiger partial charge in [0.2, 0.25) is 5.91 Å². The van der Waals surface area contributed by atoms with E-state index in [0.29, 0.717) is 0 Å². The normalized spacial score (nSPS) is 23.6. The van der Waals surface area contributed by atoms with Crippen molar-refractivity contribution in [3.05, 3.63) is 11.1 Å². The van der Waals surface area contributed by atoms with Gasteiger partial charge in [-0.1, -0.05) is 27.7 Å². The van der Waals surface area contributed by atoms with E-state index in [1.165, 1.54) is 11.3 Å². The number of hydrogen-bond acceptors (Lipinski definition) is 4. The molecular formula is C15H25N3OS. The molecule has 1 unspecified atom stereocenters. The summed E-state index contributed by atoms with van der Waals surface area (Å²) >= 11 is 1.51. The Balaban J connectivity index is 2.09. The Labute approximate surface area is 125 Å². The number of amides is 1. The Hall–Kier alpha value is -0.940. The van der Waals surface area contributed by atoms with Crippen molar-refractivity contribution in [2.45, 2.75) is 52.4 Å². The second-order valence-corrected chi connectivity index (χ2v) is 7.51. The molecule has 1 aliphatic rings. The highest BCUT2D eigenvalue weighted by Crippen LogP contribution is 2.33. The van der Waals surface area contributed by atoms with Crippen LogP contribution in [0.4, 0.5) is 5.13 Å². The highest BCUT2D eigenvalue weighted by Gasteiger charge is 2.38. The van der Waals surface area contributed by atoms with E-state index in [9.17, 15) is 4.79 Å². The average Bonchev–Trinajstić information content (AvgIpc) is 2.88. The van der Waals surface area contributed by atoms with Crippen LogP contribution in [0, 0.1) is 5.41 Å². The van der Waals surface area contributed by atoms with Gasteiger partial charge in [0.1, 0.15) is 0 Å². The molecule has 0 bridgehead atoms. The van der Waals surface area contributed by atoms with Crippen molar-refractivity contribution in [3.8, 4) is 0 Å². The van der Waals surface area contributed by atoms with Crippen molar-refractivity contribution >= 4 is 22.4 Å². The van der Waals surface area contributed by atoms with Gasteiger partial charge in [-0.2, -0.15) is 0 Å². The molecular weight excluding hydrogens is 270 g/mol. The van der Waals surface area contributed by atoms with E-state index in [0.717, 1.165) is 43.2 Å². The maximum Gasteiger partial charge on any atom is 0.233 e. The van der Waals surface area contributed by atoms with Crippen LogP contribution in [0.3, 0.4) is 0 Å². The molecule has 0 aromatic carbocycles. The summed E-state index contributed by atoms with van der Waals surface area (Å²) in [5.74, 6) is 0.113. The van der Waals surface area contributed by atoms with Gasteiger partial charge >= 0.3 is 0 Å². The van der Waals surface area contributed by atoms with Gasteiger partial charge < -0.3 is 10.6 Å². The van der Waals surface area contributed by atoms with E-state index in [2.05, 4.69) is 43.3 Å². The van der Waals surface area contributed by atoms with Crippen molar-refractivity contribution in [2.24, 2.45) is 5.41 Å². The van der Waals surface area contributed by atoms with Crippen LogP contribution >= 0.6 is 11.3 Å². The number of carbonyl (C=O) groups excluding carboxylic acids is 1. The zero-order valence-electron chi connectivity index (χ0n) is 12.9. The smallest absolute Gasteiger partial charge is 0.233 e. The lowest BCUT2D eigenvalue weighted by Crippen LogP contribution is -2.47. The van der Waals surface area contributed by atoms with Crippen molar-refractivity contribution in [2.75, 3.05) is 18.4 Å². The maximum absolute atomic E-state index is 12.6. The first-order valence-corrected chi connectivity index (χ1v) is 8.23. The van der Waals surface area contributed by atoms with E-state index in [1.807, 2.05) is 5.38 Å². The first-order valence-electron chi connectivity index (χ1n) is 7.35. The van der Waals surface area contributed by atoms with Crippen LogP contribution < -0.4 is 10.6 Å². The summed E-state index contributed by atoms with van der Waals surface area (Å²) < 4.78 is 0. The molecule has 4 nitrogen and oxygen atoms in total. The summed E-state index contributed by atoms with van der Waals surface area (Å²) in [5, 5.41) is 9.12. The lowest BCUT2D eigenvalue weighted by molar-refractivity contribution is -0.126. The number of aromatic nitrogens is 1. The topological polar surface area (TPSA) is 54.0 Å². The highest BCUT2D eigenvalue weighted by molar-refractivity contribution is 7.14. The number of nitrogens with zero attached hydrogens (tertiary/aromatic N) is 1. The predicted molar refractivity (Wildman–Crippen MR) is 84.3 cm³/mol. The molecule has 2 heterocycles. The molecule has 2 N–H and O–H groups in total. The second-order valence-electron chi connectivity index (χ2n) is 6.66. The number of hydrogen-bond donors (Lipinski definition) is 2. The third-order valence-electron chi connectivity index (χ3n) is 4.12. The summed E-state index contributed by atoms with van der Waals surface area (Å²) in [4.78, 5) is 17.1. The molecule has 1 fully saturated rings. The molecule has 1 amide bonds. The number of piperidine rings is 1. The molecule has 5 heteroatoms. The summed E-state index contributed by atoms with van der Waals surface area (Å²) in [5.41, 5.74) is 0.783. The number of rotatable bonds is 3. The fourth-order valence-corrected chi connectivity index (χ4v) is 3.46. The molecule has 0 radical (unpaired) electrons. The van der Waals surface area contributed by atoms with Gasteiger partial charge in [-0.25, -0.2) is 4.98 Å². The van der Waals surface area contributed by atoms with Crippen molar-refractivity contribution in [1.29, 1.82) is 0 Å². The summed E-state index contributed by atoms with van der Waals surface area (Å²) in [6, 6.07) is 0. The van der Waals surface area contributed by atoms with Crippen LogP contribution in [-0.4, -0.2) is 24.0 Å². The van der Waals surface area contributed by atoms with Crippen LogP contribution in [0.5, 0.6) is 0 Å². The average molecular weight is 295 g/mol. The monoisotopic (exact) mass is 295 g/mol. The predicted octanol–water partition coefficient (Wildman–Crippen LogP) is 3.16. The fourth-order valence-electron chi connectivity index (χ4n) is 2.53. The molecule has 2 rings (SSSR count). The Morgan fingerprint density at radius 2 is 2.30 bits per heavy atom. The first kappa shape index (κ1) is 15.4. The summed E-state index contributed by atoms with van der Waals surface area (Å²) in [7, 11) is 0. The Morgan fingerprint density at radius 1 is 1.55 bits per heavy atom. The van der Waals surface area contributed by atoms with Crippen LogP contribution in [0.25, 0.3) is 0 Å².